The predicted octanol–water partition coefficient (Wildman–Crippen LogP) is 6.44. The Hall–Kier alpha value is -3.69. The summed E-state index contributed by atoms with van der Waals surface area (Å²) in [5.41, 5.74) is 2.76. The van der Waals surface area contributed by atoms with Gasteiger partial charge in [-0.25, -0.2) is 0 Å². The normalized spacial score (nSPS) is 17.9. The van der Waals surface area contributed by atoms with Crippen LogP contribution in [0.25, 0.3) is 6.08 Å². The first-order valence-corrected chi connectivity index (χ1v) is 14.6. The first kappa shape index (κ1) is 29.8. The monoisotopic (exact) mass is 577 g/mol. The molecule has 2 aliphatic heterocycles. The van der Waals surface area contributed by atoms with E-state index in [0.717, 1.165) is 68.1 Å². The van der Waals surface area contributed by atoms with Gasteiger partial charge in [0.25, 0.3) is 0 Å². The summed E-state index contributed by atoms with van der Waals surface area (Å²) in [6.07, 6.45) is 6.32. The number of pyridine rings is 1. The van der Waals surface area contributed by atoms with E-state index in [0.29, 0.717) is 18.2 Å². The van der Waals surface area contributed by atoms with Gasteiger partial charge in [0.1, 0.15) is 0 Å². The van der Waals surface area contributed by atoms with E-state index in [9.17, 15) is 18.0 Å². The number of anilines is 2. The Labute approximate surface area is 245 Å². The fourth-order valence-electron chi connectivity index (χ4n) is 5.85. The number of halogens is 3. The van der Waals surface area contributed by atoms with Crippen molar-refractivity contribution >= 4 is 23.4 Å². The highest BCUT2D eigenvalue weighted by Crippen LogP contribution is 2.29. The zero-order valence-electron chi connectivity index (χ0n) is 23.9. The van der Waals surface area contributed by atoms with Gasteiger partial charge in [-0.15, -0.1) is 0 Å². The number of likely N-dealkylation sites (tertiary alicyclic amines) is 2. The van der Waals surface area contributed by atoms with Gasteiger partial charge in [-0.05, 0) is 99.4 Å². The van der Waals surface area contributed by atoms with Crippen LogP contribution in [-0.4, -0.2) is 70.9 Å². The Morgan fingerprint density at radius 2 is 1.52 bits per heavy atom. The number of hydrogen-bond donors (Lipinski definition) is 1. The molecule has 1 N–H and O–H groups in total. The number of carbonyl (C=O) groups is 1. The van der Waals surface area contributed by atoms with E-state index in [1.807, 2.05) is 41.3 Å². The third kappa shape index (κ3) is 7.98. The summed E-state index contributed by atoms with van der Waals surface area (Å²) in [5, 5.41) is 3.35. The van der Waals surface area contributed by atoms with Crippen molar-refractivity contribution < 1.29 is 18.0 Å². The third-order valence-corrected chi connectivity index (χ3v) is 8.36. The fraction of sp³-hybridized carbons (Fsp3) is 0.394. The van der Waals surface area contributed by atoms with E-state index in [4.69, 9.17) is 0 Å². The maximum Gasteiger partial charge on any atom is 0.416 e. The summed E-state index contributed by atoms with van der Waals surface area (Å²) in [5.74, 6) is -0.133. The lowest BCUT2D eigenvalue weighted by atomic mass is 9.96. The van der Waals surface area contributed by atoms with Crippen LogP contribution in [0, 0.1) is 0 Å². The highest BCUT2D eigenvalue weighted by Gasteiger charge is 2.32. The Kier molecular flexibility index (Phi) is 9.59. The molecule has 222 valence electrons. The van der Waals surface area contributed by atoms with Gasteiger partial charge in [0.15, 0.2) is 0 Å². The first-order valence-electron chi connectivity index (χ1n) is 14.6. The van der Waals surface area contributed by atoms with Crippen molar-refractivity contribution in [3.05, 3.63) is 95.8 Å². The van der Waals surface area contributed by atoms with Crippen molar-refractivity contribution in [3.8, 4) is 0 Å². The van der Waals surface area contributed by atoms with Crippen LogP contribution in [0.5, 0.6) is 0 Å². The van der Waals surface area contributed by atoms with E-state index in [1.54, 1.807) is 18.5 Å². The minimum Gasteiger partial charge on any atom is -0.355 e. The molecule has 0 unspecified atom stereocenters. The molecule has 1 amide bonds. The van der Waals surface area contributed by atoms with Crippen LogP contribution in [0.4, 0.5) is 24.5 Å². The quantitative estimate of drug-likeness (QED) is 0.312. The van der Waals surface area contributed by atoms with Gasteiger partial charge in [-0.3, -0.25) is 9.78 Å². The van der Waals surface area contributed by atoms with Crippen LogP contribution in [0.15, 0.2) is 79.1 Å². The lowest BCUT2D eigenvalue weighted by Crippen LogP contribution is -2.51. The topological polar surface area (TPSA) is 51.7 Å². The van der Waals surface area contributed by atoms with E-state index < -0.39 is 11.7 Å². The molecule has 3 aromatic rings. The SMILES string of the molecule is CN1CCC(N2CCC(N(Cc3ccc(Nc4ccncc4)cc3)C(=O)C=Cc3ccc(C(F)(F)F)cc3)CC2)CC1. The molecule has 5 rings (SSSR count). The van der Waals surface area contributed by atoms with Gasteiger partial charge >= 0.3 is 6.18 Å². The van der Waals surface area contributed by atoms with E-state index >= 15 is 0 Å². The number of nitrogens with one attached hydrogen (secondary N) is 1. The molecule has 0 radical (unpaired) electrons. The number of aromatic nitrogens is 1. The summed E-state index contributed by atoms with van der Waals surface area (Å²) in [7, 11) is 2.17. The van der Waals surface area contributed by atoms with Gasteiger partial charge in [-0.1, -0.05) is 24.3 Å². The molecule has 0 saturated carbocycles. The number of nitrogens with zero attached hydrogens (tertiary/aromatic N) is 4. The number of piperidine rings is 2. The predicted molar refractivity (Wildman–Crippen MR) is 160 cm³/mol. The Morgan fingerprint density at radius 3 is 2.14 bits per heavy atom. The van der Waals surface area contributed by atoms with Crippen molar-refractivity contribution in [2.75, 3.05) is 38.5 Å². The van der Waals surface area contributed by atoms with Crippen molar-refractivity contribution in [1.29, 1.82) is 0 Å². The molecule has 2 aliphatic rings. The molecule has 0 atom stereocenters. The van der Waals surface area contributed by atoms with E-state index in [-0.39, 0.29) is 11.9 Å². The molecule has 6 nitrogen and oxygen atoms in total. The van der Waals surface area contributed by atoms with Crippen molar-refractivity contribution in [1.82, 2.24) is 19.7 Å². The standard InChI is InChI=1S/C33H38F3N5O/c1-39-20-14-30(15-21-39)40-22-16-31(17-23-40)41(32(42)11-6-25-2-7-27(8-3-25)33(34,35)36)24-26-4-9-28(10-5-26)38-29-12-18-37-19-13-29/h2-13,18-19,30-31H,14-17,20-24H2,1H3,(H,37,38). The number of carbonyl (C=O) groups excluding carboxylic acids is 1. The molecular formula is C33H38F3N5O. The average Bonchev–Trinajstić information content (AvgIpc) is 3.00. The molecule has 2 aromatic carbocycles. The van der Waals surface area contributed by atoms with Crippen molar-refractivity contribution in [2.24, 2.45) is 0 Å². The lowest BCUT2D eigenvalue weighted by Gasteiger charge is -2.43. The molecule has 2 fully saturated rings. The second-order valence-corrected chi connectivity index (χ2v) is 11.3. The van der Waals surface area contributed by atoms with Crippen LogP contribution in [0.2, 0.25) is 0 Å². The largest absolute Gasteiger partial charge is 0.416 e. The molecule has 9 heteroatoms. The molecule has 0 bridgehead atoms. The van der Waals surface area contributed by atoms with Gasteiger partial charge in [0.05, 0.1) is 5.56 Å². The molecule has 0 spiro atoms. The number of benzene rings is 2. The van der Waals surface area contributed by atoms with E-state index in [1.165, 1.54) is 31.1 Å². The summed E-state index contributed by atoms with van der Waals surface area (Å²) in [4.78, 5) is 24.5. The highest BCUT2D eigenvalue weighted by molar-refractivity contribution is 5.92. The Morgan fingerprint density at radius 1 is 0.905 bits per heavy atom. The molecule has 1 aromatic heterocycles. The number of rotatable bonds is 8. The fourth-order valence-corrected chi connectivity index (χ4v) is 5.85. The van der Waals surface area contributed by atoms with Crippen LogP contribution >= 0.6 is 0 Å². The maximum atomic E-state index is 13.6. The number of amides is 1. The smallest absolute Gasteiger partial charge is 0.355 e. The molecule has 3 heterocycles. The lowest BCUT2D eigenvalue weighted by molar-refractivity contribution is -0.137. The maximum absolute atomic E-state index is 13.6. The minimum atomic E-state index is -4.39. The Bertz CT molecular complexity index is 1310. The molecular weight excluding hydrogens is 539 g/mol. The van der Waals surface area contributed by atoms with Crippen LogP contribution in [-0.2, 0) is 17.5 Å². The van der Waals surface area contributed by atoms with Crippen LogP contribution in [0.1, 0.15) is 42.4 Å². The molecule has 0 aliphatic carbocycles. The van der Waals surface area contributed by atoms with Gasteiger partial charge in [0.2, 0.25) is 5.91 Å². The second kappa shape index (κ2) is 13.5. The molecule has 2 saturated heterocycles. The third-order valence-electron chi connectivity index (χ3n) is 8.36. The molecule has 42 heavy (non-hydrogen) atoms. The zero-order chi connectivity index (χ0) is 29.5. The summed E-state index contributed by atoms with van der Waals surface area (Å²) < 4.78 is 38.9. The number of alkyl halides is 3. The van der Waals surface area contributed by atoms with Gasteiger partial charge in [0, 0.05) is 61.6 Å². The second-order valence-electron chi connectivity index (χ2n) is 11.3. The highest BCUT2D eigenvalue weighted by atomic mass is 19.4. The number of hydrogen-bond acceptors (Lipinski definition) is 5. The van der Waals surface area contributed by atoms with Gasteiger partial charge in [-0.2, -0.15) is 13.2 Å². The zero-order valence-corrected chi connectivity index (χ0v) is 23.9. The van der Waals surface area contributed by atoms with Crippen molar-refractivity contribution in [2.45, 2.75) is 50.5 Å². The average molecular weight is 578 g/mol. The van der Waals surface area contributed by atoms with E-state index in [2.05, 4.69) is 27.1 Å². The summed E-state index contributed by atoms with van der Waals surface area (Å²) in [6, 6.07) is 17.4. The van der Waals surface area contributed by atoms with Crippen molar-refractivity contribution in [3.63, 3.8) is 0 Å². The van der Waals surface area contributed by atoms with Crippen LogP contribution < -0.4 is 5.32 Å². The first-order chi connectivity index (χ1) is 20.2. The summed E-state index contributed by atoms with van der Waals surface area (Å²) >= 11 is 0. The van der Waals surface area contributed by atoms with Crippen LogP contribution in [0.3, 0.4) is 0 Å². The minimum absolute atomic E-state index is 0.0897. The Balaban J connectivity index is 1.27. The van der Waals surface area contributed by atoms with Gasteiger partial charge < -0.3 is 20.0 Å². The summed E-state index contributed by atoms with van der Waals surface area (Å²) in [6.45, 7) is 4.62.